The standard InChI is InChI=1S/C28H40N2O3S/c1-5-6-9-23(31)18-29(14-11-21(2)3)19-28(32)30-15-12-27-25(13-16-34-27)26(30)20-33-24-10-7-8-22(4)17-24/h5,7-8,10,13,16-17,21,23,26,31H,1,6,9,11-12,14-15,18-20H2,2-4H3/t23-,26+/m0/s1. The highest BCUT2D eigenvalue weighted by Gasteiger charge is 2.33. The summed E-state index contributed by atoms with van der Waals surface area (Å²) in [5.74, 6) is 1.48. The number of carbonyl (C=O) groups excluding carboxylic acids is 1. The van der Waals surface area contributed by atoms with Crippen LogP contribution < -0.4 is 4.74 Å². The molecule has 186 valence electrons. The monoisotopic (exact) mass is 484 g/mol. The number of aliphatic hydroxyl groups excluding tert-OH is 1. The van der Waals surface area contributed by atoms with Crippen LogP contribution in [0.4, 0.5) is 0 Å². The quantitative estimate of drug-likeness (QED) is 0.395. The van der Waals surface area contributed by atoms with Gasteiger partial charge in [0.1, 0.15) is 12.4 Å². The van der Waals surface area contributed by atoms with Gasteiger partial charge in [0.2, 0.25) is 5.91 Å². The molecule has 5 nitrogen and oxygen atoms in total. The lowest BCUT2D eigenvalue weighted by Gasteiger charge is -2.37. The third-order valence-electron chi connectivity index (χ3n) is 6.37. The van der Waals surface area contributed by atoms with Crippen LogP contribution in [-0.4, -0.2) is 59.7 Å². The number of amides is 1. The van der Waals surface area contributed by atoms with Gasteiger partial charge in [-0.1, -0.05) is 32.1 Å². The Bertz CT molecular complexity index is 926. The molecule has 0 bridgehead atoms. The summed E-state index contributed by atoms with van der Waals surface area (Å²) in [6.07, 6.45) is 4.70. The summed E-state index contributed by atoms with van der Waals surface area (Å²) >= 11 is 1.76. The van der Waals surface area contributed by atoms with Crippen molar-refractivity contribution in [3.05, 3.63) is 64.4 Å². The van der Waals surface area contributed by atoms with Gasteiger partial charge in [0.15, 0.2) is 0 Å². The number of aryl methyl sites for hydroxylation is 1. The Kier molecular flexibility index (Phi) is 10.2. The molecule has 34 heavy (non-hydrogen) atoms. The maximum atomic E-state index is 13.6. The van der Waals surface area contributed by atoms with Gasteiger partial charge in [-0.15, -0.1) is 17.9 Å². The zero-order chi connectivity index (χ0) is 24.5. The largest absolute Gasteiger partial charge is 0.491 e. The van der Waals surface area contributed by atoms with Crippen LogP contribution in [0, 0.1) is 12.8 Å². The highest BCUT2D eigenvalue weighted by molar-refractivity contribution is 7.10. The molecule has 0 saturated heterocycles. The number of ether oxygens (including phenoxy) is 1. The van der Waals surface area contributed by atoms with Gasteiger partial charge >= 0.3 is 0 Å². The van der Waals surface area contributed by atoms with Crippen LogP contribution in [-0.2, 0) is 11.2 Å². The van der Waals surface area contributed by atoms with Crippen LogP contribution in [0.1, 0.15) is 55.2 Å². The molecule has 1 N–H and O–H groups in total. The first kappa shape index (κ1) is 26.5. The van der Waals surface area contributed by atoms with E-state index in [4.69, 9.17) is 4.74 Å². The molecule has 2 heterocycles. The number of hydrogen-bond donors (Lipinski definition) is 1. The van der Waals surface area contributed by atoms with Crippen molar-refractivity contribution in [2.45, 2.75) is 58.6 Å². The van der Waals surface area contributed by atoms with Crippen LogP contribution in [0.3, 0.4) is 0 Å². The number of rotatable bonds is 13. The number of benzene rings is 1. The fraction of sp³-hybridized carbons (Fsp3) is 0.536. The van der Waals surface area contributed by atoms with E-state index < -0.39 is 6.10 Å². The first-order valence-corrected chi connectivity index (χ1v) is 13.3. The average molecular weight is 485 g/mol. The van der Waals surface area contributed by atoms with Crippen LogP contribution in [0.15, 0.2) is 48.4 Å². The summed E-state index contributed by atoms with van der Waals surface area (Å²) < 4.78 is 6.17. The molecule has 1 amide bonds. The minimum Gasteiger partial charge on any atom is -0.491 e. The normalized spacial score (nSPS) is 16.5. The summed E-state index contributed by atoms with van der Waals surface area (Å²) in [5, 5.41) is 12.6. The van der Waals surface area contributed by atoms with Gasteiger partial charge in [-0.05, 0) is 79.8 Å². The van der Waals surface area contributed by atoms with Crippen molar-refractivity contribution in [2.75, 3.05) is 32.8 Å². The van der Waals surface area contributed by atoms with Crippen molar-refractivity contribution in [1.29, 1.82) is 0 Å². The summed E-state index contributed by atoms with van der Waals surface area (Å²) in [6.45, 7) is 12.9. The maximum absolute atomic E-state index is 13.6. The topological polar surface area (TPSA) is 53.0 Å². The second-order valence-electron chi connectivity index (χ2n) is 9.72. The molecule has 2 aromatic rings. The Morgan fingerprint density at radius 2 is 2.18 bits per heavy atom. The SMILES string of the molecule is C=CCC[C@H](O)CN(CCC(C)C)CC(=O)N1CCc2sccc2[C@H]1COc1cccc(C)c1. The van der Waals surface area contributed by atoms with E-state index in [1.54, 1.807) is 11.3 Å². The van der Waals surface area contributed by atoms with Crippen molar-refractivity contribution < 1.29 is 14.6 Å². The smallest absolute Gasteiger partial charge is 0.237 e. The van der Waals surface area contributed by atoms with E-state index in [-0.39, 0.29) is 11.9 Å². The average Bonchev–Trinajstić information content (AvgIpc) is 3.28. The lowest BCUT2D eigenvalue weighted by molar-refractivity contribution is -0.136. The number of hydrogen-bond acceptors (Lipinski definition) is 5. The molecule has 0 aliphatic carbocycles. The third kappa shape index (κ3) is 7.69. The van der Waals surface area contributed by atoms with E-state index in [1.807, 2.05) is 29.2 Å². The van der Waals surface area contributed by atoms with Crippen molar-refractivity contribution >= 4 is 17.2 Å². The molecule has 0 spiro atoms. The molecule has 1 aromatic carbocycles. The number of fused-ring (bicyclic) bond motifs is 1. The minimum atomic E-state index is -0.455. The molecule has 6 heteroatoms. The molecule has 0 unspecified atom stereocenters. The Balaban J connectivity index is 1.71. The van der Waals surface area contributed by atoms with E-state index in [0.29, 0.717) is 38.6 Å². The second-order valence-corrected chi connectivity index (χ2v) is 10.7. The van der Waals surface area contributed by atoms with Gasteiger partial charge < -0.3 is 14.7 Å². The van der Waals surface area contributed by atoms with E-state index in [2.05, 4.69) is 49.8 Å². The molecule has 1 aromatic heterocycles. The fourth-order valence-electron chi connectivity index (χ4n) is 4.41. The van der Waals surface area contributed by atoms with Gasteiger partial charge in [0, 0.05) is 18.0 Å². The Morgan fingerprint density at radius 3 is 2.91 bits per heavy atom. The summed E-state index contributed by atoms with van der Waals surface area (Å²) in [6, 6.07) is 10.1. The van der Waals surface area contributed by atoms with E-state index >= 15 is 0 Å². The molecule has 3 rings (SSSR count). The molecule has 2 atom stereocenters. The van der Waals surface area contributed by atoms with Gasteiger partial charge in [-0.3, -0.25) is 9.69 Å². The van der Waals surface area contributed by atoms with Crippen LogP contribution in [0.2, 0.25) is 0 Å². The first-order chi connectivity index (χ1) is 16.4. The van der Waals surface area contributed by atoms with Gasteiger partial charge in [-0.25, -0.2) is 0 Å². The van der Waals surface area contributed by atoms with Gasteiger partial charge in [0.05, 0.1) is 18.7 Å². The number of thiophene rings is 1. The number of carbonyl (C=O) groups is 1. The lowest BCUT2D eigenvalue weighted by Crippen LogP contribution is -2.48. The highest BCUT2D eigenvalue weighted by Crippen LogP contribution is 2.34. The van der Waals surface area contributed by atoms with Gasteiger partial charge in [-0.2, -0.15) is 0 Å². The highest BCUT2D eigenvalue weighted by atomic mass is 32.1. The van der Waals surface area contributed by atoms with Gasteiger partial charge in [0.25, 0.3) is 0 Å². The van der Waals surface area contributed by atoms with Crippen molar-refractivity contribution in [1.82, 2.24) is 9.80 Å². The fourth-order valence-corrected chi connectivity index (χ4v) is 5.34. The Hall–Kier alpha value is -2.15. The van der Waals surface area contributed by atoms with Crippen molar-refractivity contribution in [3.8, 4) is 5.75 Å². The molecule has 0 saturated carbocycles. The predicted molar refractivity (Wildman–Crippen MR) is 140 cm³/mol. The molecule has 1 aliphatic heterocycles. The zero-order valence-electron chi connectivity index (χ0n) is 20.9. The van der Waals surface area contributed by atoms with E-state index in [1.165, 1.54) is 10.4 Å². The number of nitrogens with zero attached hydrogens (tertiary/aromatic N) is 2. The molecular weight excluding hydrogens is 444 g/mol. The Morgan fingerprint density at radius 1 is 1.35 bits per heavy atom. The van der Waals surface area contributed by atoms with Crippen molar-refractivity contribution in [3.63, 3.8) is 0 Å². The van der Waals surface area contributed by atoms with Crippen LogP contribution in [0.5, 0.6) is 5.75 Å². The number of aliphatic hydroxyl groups is 1. The van der Waals surface area contributed by atoms with E-state index in [0.717, 1.165) is 37.1 Å². The lowest BCUT2D eigenvalue weighted by atomic mass is 10.00. The summed E-state index contributed by atoms with van der Waals surface area (Å²) in [5.41, 5.74) is 2.36. The molecule has 1 aliphatic rings. The Labute approximate surface area is 209 Å². The van der Waals surface area contributed by atoms with Crippen LogP contribution >= 0.6 is 11.3 Å². The second kappa shape index (κ2) is 13.1. The first-order valence-electron chi connectivity index (χ1n) is 12.4. The molecule has 0 fully saturated rings. The van der Waals surface area contributed by atoms with Crippen LogP contribution in [0.25, 0.3) is 0 Å². The predicted octanol–water partition coefficient (Wildman–Crippen LogP) is 5.24. The zero-order valence-corrected chi connectivity index (χ0v) is 21.7. The third-order valence-corrected chi connectivity index (χ3v) is 7.36. The molecule has 0 radical (unpaired) electrons. The minimum absolute atomic E-state index is 0.0966. The maximum Gasteiger partial charge on any atom is 0.237 e. The van der Waals surface area contributed by atoms with E-state index in [9.17, 15) is 9.90 Å². The molecular formula is C28H40N2O3S. The van der Waals surface area contributed by atoms with Crippen molar-refractivity contribution in [2.24, 2.45) is 5.92 Å². The summed E-state index contributed by atoms with van der Waals surface area (Å²) in [4.78, 5) is 19.0. The summed E-state index contributed by atoms with van der Waals surface area (Å²) in [7, 11) is 0. The number of allylic oxidation sites excluding steroid dienone is 1.